The minimum Gasteiger partial charge on any atom is -0.330 e. The van der Waals surface area contributed by atoms with Crippen molar-refractivity contribution in [1.29, 1.82) is 0 Å². The van der Waals surface area contributed by atoms with E-state index >= 15 is 0 Å². The molecule has 0 spiro atoms. The monoisotopic (exact) mass is 466 g/mol. The van der Waals surface area contributed by atoms with Crippen LogP contribution >= 0.6 is 41.0 Å². The van der Waals surface area contributed by atoms with Crippen LogP contribution in [0.3, 0.4) is 0 Å². The first-order valence-electron chi connectivity index (χ1n) is 8.23. The number of hydrogen-bond acceptors (Lipinski definition) is 2. The van der Waals surface area contributed by atoms with Crippen molar-refractivity contribution in [1.82, 2.24) is 0 Å². The van der Waals surface area contributed by atoms with Crippen molar-refractivity contribution in [3.8, 4) is 0 Å². The van der Waals surface area contributed by atoms with Gasteiger partial charge in [-0.2, -0.15) is 0 Å². The standard InChI is InChI=1S/2C8H19N.BrH.HI/c2*1-2-3-4-5-6-7-8-9;;/h2*2-9H2,1H3;2*1H. The van der Waals surface area contributed by atoms with E-state index in [9.17, 15) is 0 Å². The molecule has 0 aromatic carbocycles. The molecule has 0 saturated carbocycles. The SMILES string of the molecule is Br.CCCCCCCCN.CCCCCCCCN.I. The van der Waals surface area contributed by atoms with Crippen molar-refractivity contribution >= 4 is 41.0 Å². The molecule has 0 aromatic rings. The van der Waals surface area contributed by atoms with Gasteiger partial charge in [-0.25, -0.2) is 0 Å². The average molecular weight is 467 g/mol. The Balaban J connectivity index is -0.000000116. The Bertz CT molecular complexity index is 101. The summed E-state index contributed by atoms with van der Waals surface area (Å²) in [5.74, 6) is 0. The molecule has 0 aromatic heterocycles. The summed E-state index contributed by atoms with van der Waals surface area (Å²) in [6, 6.07) is 0. The van der Waals surface area contributed by atoms with Gasteiger partial charge >= 0.3 is 0 Å². The van der Waals surface area contributed by atoms with Gasteiger partial charge in [0.25, 0.3) is 0 Å². The minimum atomic E-state index is 0. The maximum absolute atomic E-state index is 5.34. The third kappa shape index (κ3) is 36.5. The molecule has 2 nitrogen and oxygen atoms in total. The summed E-state index contributed by atoms with van der Waals surface area (Å²) < 4.78 is 0. The highest BCUT2D eigenvalue weighted by Crippen LogP contribution is 2.03. The van der Waals surface area contributed by atoms with E-state index in [0.29, 0.717) is 0 Å². The first kappa shape index (κ1) is 29.2. The molecule has 4 heteroatoms. The molecule has 20 heavy (non-hydrogen) atoms. The summed E-state index contributed by atoms with van der Waals surface area (Å²) in [6.07, 6.45) is 16.1. The normalized spacial score (nSPS) is 9.00. The van der Waals surface area contributed by atoms with Crippen LogP contribution in [0.25, 0.3) is 0 Å². The van der Waals surface area contributed by atoms with Gasteiger partial charge in [0, 0.05) is 0 Å². The fraction of sp³-hybridized carbons (Fsp3) is 1.00. The molecule has 0 atom stereocenters. The quantitative estimate of drug-likeness (QED) is 0.281. The van der Waals surface area contributed by atoms with E-state index in [1.807, 2.05) is 0 Å². The van der Waals surface area contributed by atoms with E-state index in [-0.39, 0.29) is 41.0 Å². The summed E-state index contributed by atoms with van der Waals surface area (Å²) in [5, 5.41) is 0. The number of hydrogen-bond donors (Lipinski definition) is 2. The Morgan fingerprint density at radius 3 is 1.00 bits per heavy atom. The summed E-state index contributed by atoms with van der Waals surface area (Å²) in [4.78, 5) is 0. The highest BCUT2D eigenvalue weighted by molar-refractivity contribution is 14.0. The van der Waals surface area contributed by atoms with E-state index in [1.165, 1.54) is 77.0 Å². The Hall–Kier alpha value is 1.13. The van der Waals surface area contributed by atoms with E-state index in [0.717, 1.165) is 13.1 Å². The largest absolute Gasteiger partial charge is 0.330 e. The lowest BCUT2D eigenvalue weighted by molar-refractivity contribution is 0.612. The molecule has 0 aliphatic carbocycles. The first-order valence-corrected chi connectivity index (χ1v) is 8.23. The molecule has 4 N–H and O–H groups in total. The molecule has 0 saturated heterocycles. The zero-order valence-corrected chi connectivity index (χ0v) is 17.9. The summed E-state index contributed by atoms with van der Waals surface area (Å²) in [6.45, 7) is 6.21. The second-order valence-electron chi connectivity index (χ2n) is 5.11. The van der Waals surface area contributed by atoms with Crippen molar-refractivity contribution in [3.05, 3.63) is 0 Å². The maximum atomic E-state index is 5.34. The molecule has 0 unspecified atom stereocenters. The molecule has 128 valence electrons. The van der Waals surface area contributed by atoms with Gasteiger partial charge in [0.15, 0.2) is 0 Å². The number of rotatable bonds is 12. The maximum Gasteiger partial charge on any atom is -0.00773 e. The van der Waals surface area contributed by atoms with Crippen LogP contribution in [0.4, 0.5) is 0 Å². The third-order valence-electron chi connectivity index (χ3n) is 3.12. The van der Waals surface area contributed by atoms with Crippen molar-refractivity contribution in [3.63, 3.8) is 0 Å². The van der Waals surface area contributed by atoms with Crippen molar-refractivity contribution in [2.45, 2.75) is 90.9 Å². The molecular weight excluding hydrogens is 427 g/mol. The summed E-state index contributed by atoms with van der Waals surface area (Å²) in [5.41, 5.74) is 10.7. The fourth-order valence-electron chi connectivity index (χ4n) is 1.85. The van der Waals surface area contributed by atoms with Gasteiger partial charge in [0.05, 0.1) is 0 Å². The first-order chi connectivity index (χ1) is 8.83. The highest BCUT2D eigenvalue weighted by Gasteiger charge is 1.86. The Kier molecular flexibility index (Phi) is 47.0. The number of nitrogens with two attached hydrogens (primary N) is 2. The van der Waals surface area contributed by atoms with E-state index in [1.54, 1.807) is 0 Å². The van der Waals surface area contributed by atoms with E-state index < -0.39 is 0 Å². The molecular formula is C16H40BrIN2. The Labute approximate surface area is 156 Å². The zero-order valence-electron chi connectivity index (χ0n) is 13.9. The molecule has 0 fully saturated rings. The van der Waals surface area contributed by atoms with Gasteiger partial charge in [-0.1, -0.05) is 78.1 Å². The predicted molar refractivity (Wildman–Crippen MR) is 111 cm³/mol. The molecule has 0 heterocycles. The van der Waals surface area contributed by atoms with Gasteiger partial charge in [-0.05, 0) is 25.9 Å². The number of unbranched alkanes of at least 4 members (excludes halogenated alkanes) is 10. The minimum absolute atomic E-state index is 0. The summed E-state index contributed by atoms with van der Waals surface area (Å²) >= 11 is 0. The molecule has 0 aliphatic heterocycles. The van der Waals surface area contributed by atoms with E-state index in [2.05, 4.69) is 13.8 Å². The molecule has 0 rings (SSSR count). The molecule has 0 aliphatic rings. The lowest BCUT2D eigenvalue weighted by atomic mass is 10.1. The molecule has 0 radical (unpaired) electrons. The van der Waals surface area contributed by atoms with E-state index in [4.69, 9.17) is 11.5 Å². The predicted octanol–water partition coefficient (Wildman–Crippen LogP) is 5.81. The van der Waals surface area contributed by atoms with Gasteiger partial charge in [0.1, 0.15) is 0 Å². The van der Waals surface area contributed by atoms with Crippen LogP contribution < -0.4 is 11.5 Å². The second-order valence-corrected chi connectivity index (χ2v) is 5.11. The topological polar surface area (TPSA) is 52.0 Å². The van der Waals surface area contributed by atoms with Crippen molar-refractivity contribution < 1.29 is 0 Å². The van der Waals surface area contributed by atoms with Crippen LogP contribution in [-0.2, 0) is 0 Å². The highest BCUT2D eigenvalue weighted by atomic mass is 127. The Morgan fingerprint density at radius 1 is 0.500 bits per heavy atom. The van der Waals surface area contributed by atoms with Gasteiger partial charge < -0.3 is 11.5 Å². The average Bonchev–Trinajstić information content (AvgIpc) is 2.39. The van der Waals surface area contributed by atoms with Crippen LogP contribution in [-0.4, -0.2) is 13.1 Å². The lowest BCUT2D eigenvalue weighted by Crippen LogP contribution is -1.97. The van der Waals surface area contributed by atoms with Gasteiger partial charge in [0.2, 0.25) is 0 Å². The third-order valence-corrected chi connectivity index (χ3v) is 3.12. The lowest BCUT2D eigenvalue weighted by Gasteiger charge is -1.96. The Morgan fingerprint density at radius 2 is 0.750 bits per heavy atom. The van der Waals surface area contributed by atoms with Crippen LogP contribution in [0.2, 0.25) is 0 Å². The second kappa shape index (κ2) is 32.2. The summed E-state index contributed by atoms with van der Waals surface area (Å²) in [7, 11) is 0. The van der Waals surface area contributed by atoms with Crippen LogP contribution in [0, 0.1) is 0 Å². The molecule has 0 bridgehead atoms. The van der Waals surface area contributed by atoms with Crippen LogP contribution in [0.15, 0.2) is 0 Å². The van der Waals surface area contributed by atoms with Gasteiger partial charge in [-0.15, -0.1) is 41.0 Å². The van der Waals surface area contributed by atoms with Crippen LogP contribution in [0.5, 0.6) is 0 Å². The molecule has 0 amide bonds. The zero-order chi connectivity index (χ0) is 13.9. The number of halogens is 2. The van der Waals surface area contributed by atoms with Crippen LogP contribution in [0.1, 0.15) is 90.9 Å². The van der Waals surface area contributed by atoms with Crippen molar-refractivity contribution in [2.24, 2.45) is 11.5 Å². The smallest absolute Gasteiger partial charge is 0.00773 e. The fourth-order valence-corrected chi connectivity index (χ4v) is 1.85. The van der Waals surface area contributed by atoms with Gasteiger partial charge in [-0.3, -0.25) is 0 Å². The van der Waals surface area contributed by atoms with Crippen molar-refractivity contribution in [2.75, 3.05) is 13.1 Å².